The molecule has 2 rings (SSSR count). The van der Waals surface area contributed by atoms with Gasteiger partial charge in [0.15, 0.2) is 0 Å². The van der Waals surface area contributed by atoms with Crippen LogP contribution in [0.15, 0.2) is 30.6 Å². The summed E-state index contributed by atoms with van der Waals surface area (Å²) >= 11 is 0. The standard InChI is InChI=1S/C15H21N/c1-11(2)12-10-16-9-7-6-8-13(16)14(12)15(3,4)5/h6-11H,1-5H3. The summed E-state index contributed by atoms with van der Waals surface area (Å²) in [6.07, 6.45) is 4.41. The molecule has 0 radical (unpaired) electrons. The van der Waals surface area contributed by atoms with Crippen molar-refractivity contribution >= 4 is 5.52 Å². The van der Waals surface area contributed by atoms with Crippen molar-refractivity contribution in [2.24, 2.45) is 0 Å². The maximum absolute atomic E-state index is 2.29. The summed E-state index contributed by atoms with van der Waals surface area (Å²) in [7, 11) is 0. The molecule has 1 heteroatoms. The van der Waals surface area contributed by atoms with Gasteiger partial charge in [-0.3, -0.25) is 0 Å². The summed E-state index contributed by atoms with van der Waals surface area (Å²) in [5.74, 6) is 0.578. The van der Waals surface area contributed by atoms with Gasteiger partial charge >= 0.3 is 0 Å². The fourth-order valence-corrected chi connectivity index (χ4v) is 2.40. The SMILES string of the molecule is CC(C)c1cn2ccccc2c1C(C)(C)C. The van der Waals surface area contributed by atoms with Gasteiger partial charge in [-0.15, -0.1) is 0 Å². The highest BCUT2D eigenvalue weighted by molar-refractivity contribution is 5.62. The Labute approximate surface area is 98.1 Å². The molecule has 0 aromatic carbocycles. The third kappa shape index (κ3) is 1.75. The largest absolute Gasteiger partial charge is 0.323 e. The number of hydrogen-bond donors (Lipinski definition) is 0. The Morgan fingerprint density at radius 3 is 2.38 bits per heavy atom. The number of rotatable bonds is 1. The molecule has 0 saturated carbocycles. The van der Waals surface area contributed by atoms with Crippen molar-refractivity contribution in [1.29, 1.82) is 0 Å². The molecule has 2 heterocycles. The first-order valence-electron chi connectivity index (χ1n) is 6.01. The summed E-state index contributed by atoms with van der Waals surface area (Å²) in [6, 6.07) is 6.42. The minimum absolute atomic E-state index is 0.204. The van der Waals surface area contributed by atoms with E-state index in [9.17, 15) is 0 Å². The van der Waals surface area contributed by atoms with Crippen LogP contribution in [0.1, 0.15) is 51.7 Å². The summed E-state index contributed by atoms with van der Waals surface area (Å²) in [6.45, 7) is 11.4. The quantitative estimate of drug-likeness (QED) is 0.665. The molecule has 1 nitrogen and oxygen atoms in total. The first-order chi connectivity index (χ1) is 7.41. The highest BCUT2D eigenvalue weighted by Gasteiger charge is 2.23. The zero-order chi connectivity index (χ0) is 11.9. The van der Waals surface area contributed by atoms with Crippen LogP contribution < -0.4 is 0 Å². The van der Waals surface area contributed by atoms with E-state index >= 15 is 0 Å². The van der Waals surface area contributed by atoms with Crippen molar-refractivity contribution < 1.29 is 0 Å². The van der Waals surface area contributed by atoms with Gasteiger partial charge in [0.05, 0.1) is 0 Å². The molecule has 0 atom stereocenters. The van der Waals surface area contributed by atoms with Crippen LogP contribution in [0.2, 0.25) is 0 Å². The maximum Gasteiger partial charge on any atom is 0.0490 e. The number of aromatic nitrogens is 1. The van der Waals surface area contributed by atoms with E-state index in [1.807, 2.05) is 0 Å². The molecule has 16 heavy (non-hydrogen) atoms. The maximum atomic E-state index is 2.29. The molecular weight excluding hydrogens is 194 g/mol. The second-order valence-electron chi connectivity index (χ2n) is 5.86. The lowest BCUT2D eigenvalue weighted by molar-refractivity contribution is 0.584. The third-order valence-corrected chi connectivity index (χ3v) is 3.09. The highest BCUT2D eigenvalue weighted by Crippen LogP contribution is 2.35. The summed E-state index contributed by atoms with van der Waals surface area (Å²) in [5.41, 5.74) is 4.51. The Morgan fingerprint density at radius 2 is 1.81 bits per heavy atom. The van der Waals surface area contributed by atoms with Crippen LogP contribution in [0.4, 0.5) is 0 Å². The van der Waals surface area contributed by atoms with E-state index in [0.29, 0.717) is 5.92 Å². The lowest BCUT2D eigenvalue weighted by atomic mass is 9.82. The smallest absolute Gasteiger partial charge is 0.0490 e. The molecule has 0 aliphatic carbocycles. The summed E-state index contributed by atoms with van der Waals surface area (Å²) in [4.78, 5) is 0. The molecule has 0 aliphatic heterocycles. The van der Waals surface area contributed by atoms with E-state index in [1.54, 1.807) is 0 Å². The lowest BCUT2D eigenvalue weighted by Crippen LogP contribution is -2.13. The topological polar surface area (TPSA) is 4.41 Å². The molecule has 0 amide bonds. The van der Waals surface area contributed by atoms with Crippen molar-refractivity contribution in [3.05, 3.63) is 41.7 Å². The fourth-order valence-electron chi connectivity index (χ4n) is 2.40. The van der Waals surface area contributed by atoms with Crippen molar-refractivity contribution in [2.45, 2.75) is 46.0 Å². The predicted octanol–water partition coefficient (Wildman–Crippen LogP) is 4.36. The van der Waals surface area contributed by atoms with Gasteiger partial charge in [-0.05, 0) is 34.6 Å². The number of pyridine rings is 1. The van der Waals surface area contributed by atoms with Crippen LogP contribution in [-0.2, 0) is 5.41 Å². The van der Waals surface area contributed by atoms with E-state index < -0.39 is 0 Å². The molecule has 0 spiro atoms. The van der Waals surface area contributed by atoms with Crippen LogP contribution in [0.25, 0.3) is 5.52 Å². The average molecular weight is 215 g/mol. The van der Waals surface area contributed by atoms with Gasteiger partial charge in [-0.1, -0.05) is 40.7 Å². The van der Waals surface area contributed by atoms with Gasteiger partial charge in [0.1, 0.15) is 0 Å². The lowest BCUT2D eigenvalue weighted by Gasteiger charge is -2.22. The van der Waals surface area contributed by atoms with E-state index in [-0.39, 0.29) is 5.41 Å². The van der Waals surface area contributed by atoms with E-state index in [1.165, 1.54) is 16.6 Å². The molecule has 86 valence electrons. The van der Waals surface area contributed by atoms with Crippen LogP contribution in [-0.4, -0.2) is 4.40 Å². The second kappa shape index (κ2) is 3.65. The average Bonchev–Trinajstić information content (AvgIpc) is 2.55. The molecule has 2 aromatic rings. The van der Waals surface area contributed by atoms with Crippen molar-refractivity contribution in [3.63, 3.8) is 0 Å². The molecule has 0 unspecified atom stereocenters. The Balaban J connectivity index is 2.80. The number of fused-ring (bicyclic) bond motifs is 1. The third-order valence-electron chi connectivity index (χ3n) is 3.09. The molecule has 0 fully saturated rings. The summed E-state index contributed by atoms with van der Waals surface area (Å²) < 4.78 is 2.25. The highest BCUT2D eigenvalue weighted by atomic mass is 14.9. The predicted molar refractivity (Wildman–Crippen MR) is 70.2 cm³/mol. The van der Waals surface area contributed by atoms with E-state index in [0.717, 1.165) is 0 Å². The Hall–Kier alpha value is -1.24. The van der Waals surface area contributed by atoms with Crippen molar-refractivity contribution in [2.75, 3.05) is 0 Å². The minimum atomic E-state index is 0.204. The van der Waals surface area contributed by atoms with Crippen LogP contribution in [0, 0.1) is 0 Å². The normalized spacial score (nSPS) is 12.6. The van der Waals surface area contributed by atoms with Crippen molar-refractivity contribution in [1.82, 2.24) is 4.40 Å². The van der Waals surface area contributed by atoms with Crippen LogP contribution in [0.3, 0.4) is 0 Å². The van der Waals surface area contributed by atoms with Gasteiger partial charge < -0.3 is 4.40 Å². The van der Waals surface area contributed by atoms with Crippen molar-refractivity contribution in [3.8, 4) is 0 Å². The molecule has 2 aromatic heterocycles. The molecule has 0 N–H and O–H groups in total. The monoisotopic (exact) mass is 215 g/mol. The molecule has 0 saturated heterocycles. The molecular formula is C15H21N. The zero-order valence-corrected chi connectivity index (χ0v) is 10.9. The minimum Gasteiger partial charge on any atom is -0.323 e. The first kappa shape index (κ1) is 11.3. The van der Waals surface area contributed by atoms with E-state index in [2.05, 4.69) is 69.6 Å². The Kier molecular flexibility index (Phi) is 2.57. The van der Waals surface area contributed by atoms with Gasteiger partial charge in [0.25, 0.3) is 0 Å². The molecule has 0 bridgehead atoms. The number of hydrogen-bond acceptors (Lipinski definition) is 0. The van der Waals surface area contributed by atoms with Gasteiger partial charge in [-0.2, -0.15) is 0 Å². The van der Waals surface area contributed by atoms with Gasteiger partial charge in [-0.25, -0.2) is 0 Å². The fraction of sp³-hybridized carbons (Fsp3) is 0.467. The van der Waals surface area contributed by atoms with Gasteiger partial charge in [0.2, 0.25) is 0 Å². The van der Waals surface area contributed by atoms with Crippen LogP contribution in [0.5, 0.6) is 0 Å². The van der Waals surface area contributed by atoms with Crippen LogP contribution >= 0.6 is 0 Å². The number of nitrogens with zero attached hydrogens (tertiary/aromatic N) is 1. The second-order valence-corrected chi connectivity index (χ2v) is 5.86. The summed E-state index contributed by atoms with van der Waals surface area (Å²) in [5, 5.41) is 0. The first-order valence-corrected chi connectivity index (χ1v) is 6.01. The Bertz CT molecular complexity index is 498. The zero-order valence-electron chi connectivity index (χ0n) is 10.9. The van der Waals surface area contributed by atoms with Gasteiger partial charge in [0, 0.05) is 17.9 Å². The molecule has 0 aliphatic rings. The Morgan fingerprint density at radius 1 is 1.12 bits per heavy atom. The van der Waals surface area contributed by atoms with E-state index in [4.69, 9.17) is 0 Å².